The number of nitrogens with one attached hydrogen (secondary N) is 1. The summed E-state index contributed by atoms with van der Waals surface area (Å²) < 4.78 is 0. The van der Waals surface area contributed by atoms with Crippen LogP contribution in [-0.4, -0.2) is 0 Å². The van der Waals surface area contributed by atoms with E-state index < -0.39 is 0 Å². The second-order valence-electron chi connectivity index (χ2n) is 3.46. The van der Waals surface area contributed by atoms with Crippen molar-refractivity contribution >= 4 is 0 Å². The molecule has 1 atom stereocenters. The molecule has 0 aliphatic heterocycles. The van der Waals surface area contributed by atoms with E-state index in [0.717, 1.165) is 12.8 Å². The van der Waals surface area contributed by atoms with Crippen molar-refractivity contribution in [1.29, 1.82) is 0 Å². The average Bonchev–Trinajstić information content (AvgIpc) is 2.46. The molecule has 0 bridgehead atoms. The molecule has 2 nitrogen and oxygen atoms in total. The zero-order chi connectivity index (χ0) is 8.55. The molecular formula is C10H14N2. The van der Waals surface area contributed by atoms with E-state index in [1.54, 1.807) is 0 Å². The lowest BCUT2D eigenvalue weighted by molar-refractivity contribution is 0.551. The summed E-state index contributed by atoms with van der Waals surface area (Å²) in [4.78, 5) is 0. The lowest BCUT2D eigenvalue weighted by atomic mass is 10.1. The summed E-state index contributed by atoms with van der Waals surface area (Å²) in [6, 6.07) is 6.96. The summed E-state index contributed by atoms with van der Waals surface area (Å²) in [7, 11) is 0. The molecule has 0 amide bonds. The minimum absolute atomic E-state index is 0.376. The van der Waals surface area contributed by atoms with Gasteiger partial charge in [-0.15, -0.1) is 0 Å². The highest BCUT2D eigenvalue weighted by Crippen LogP contribution is 2.30. The predicted octanol–water partition coefficient (Wildman–Crippen LogP) is 1.45. The second kappa shape index (κ2) is 2.88. The lowest BCUT2D eigenvalue weighted by Crippen LogP contribution is -2.26. The molecule has 3 N–H and O–H groups in total. The molecule has 0 unspecified atom stereocenters. The molecule has 0 saturated carbocycles. The zero-order valence-electron chi connectivity index (χ0n) is 7.30. The number of hydrogen-bond donors (Lipinski definition) is 2. The van der Waals surface area contributed by atoms with Gasteiger partial charge in [-0.25, -0.2) is 0 Å². The number of fused-ring (bicyclic) bond motifs is 1. The third-order valence-corrected chi connectivity index (χ3v) is 2.58. The van der Waals surface area contributed by atoms with Crippen molar-refractivity contribution < 1.29 is 0 Å². The van der Waals surface area contributed by atoms with Crippen LogP contribution in [0.5, 0.6) is 0 Å². The number of nitrogens with two attached hydrogens (primary N) is 1. The summed E-state index contributed by atoms with van der Waals surface area (Å²) in [5.41, 5.74) is 7.01. The van der Waals surface area contributed by atoms with E-state index in [0.29, 0.717) is 6.04 Å². The molecular weight excluding hydrogens is 148 g/mol. The molecule has 64 valence electrons. The Morgan fingerprint density at radius 2 is 2.33 bits per heavy atom. The van der Waals surface area contributed by atoms with Crippen molar-refractivity contribution in [2.75, 3.05) is 0 Å². The molecule has 0 aromatic heterocycles. The number of hydrogen-bond acceptors (Lipinski definition) is 2. The lowest BCUT2D eigenvalue weighted by Gasteiger charge is -2.09. The van der Waals surface area contributed by atoms with Gasteiger partial charge in [-0.3, -0.25) is 11.3 Å². The van der Waals surface area contributed by atoms with Gasteiger partial charge in [0.05, 0.1) is 0 Å². The maximum Gasteiger partial charge on any atom is 0.0465 e. The number of aryl methyl sites for hydroxylation is 2. The fraction of sp³-hybridized carbons (Fsp3) is 0.400. The van der Waals surface area contributed by atoms with Crippen LogP contribution in [0, 0.1) is 6.92 Å². The van der Waals surface area contributed by atoms with Gasteiger partial charge in [0.1, 0.15) is 0 Å². The Labute approximate surface area is 72.7 Å². The van der Waals surface area contributed by atoms with Gasteiger partial charge in [-0.05, 0) is 30.9 Å². The van der Waals surface area contributed by atoms with Gasteiger partial charge in [0.15, 0.2) is 0 Å². The molecule has 2 heteroatoms. The zero-order valence-corrected chi connectivity index (χ0v) is 7.30. The van der Waals surface area contributed by atoms with Crippen molar-refractivity contribution in [1.82, 2.24) is 5.43 Å². The Bertz CT molecular complexity index is 294. The molecule has 1 aromatic carbocycles. The molecule has 0 fully saturated rings. The van der Waals surface area contributed by atoms with E-state index in [9.17, 15) is 0 Å². The van der Waals surface area contributed by atoms with Gasteiger partial charge in [-0.2, -0.15) is 0 Å². The van der Waals surface area contributed by atoms with Crippen LogP contribution in [0.1, 0.15) is 29.2 Å². The van der Waals surface area contributed by atoms with Gasteiger partial charge in [0.2, 0.25) is 0 Å². The Balaban J connectivity index is 2.40. The highest BCUT2D eigenvalue weighted by molar-refractivity contribution is 5.37. The second-order valence-corrected chi connectivity index (χ2v) is 3.46. The highest BCUT2D eigenvalue weighted by Gasteiger charge is 2.20. The van der Waals surface area contributed by atoms with Gasteiger partial charge in [-0.1, -0.05) is 23.8 Å². The number of rotatable bonds is 1. The van der Waals surface area contributed by atoms with Gasteiger partial charge in [0.25, 0.3) is 0 Å². The van der Waals surface area contributed by atoms with Crippen molar-refractivity contribution in [3.05, 3.63) is 34.9 Å². The molecule has 1 aliphatic carbocycles. The average molecular weight is 162 g/mol. The largest absolute Gasteiger partial charge is 0.271 e. The quantitative estimate of drug-likeness (QED) is 0.484. The first kappa shape index (κ1) is 7.77. The van der Waals surface area contributed by atoms with E-state index >= 15 is 0 Å². The summed E-state index contributed by atoms with van der Waals surface area (Å²) in [5.74, 6) is 5.44. The van der Waals surface area contributed by atoms with Crippen LogP contribution in [0.25, 0.3) is 0 Å². The fourth-order valence-corrected chi connectivity index (χ4v) is 1.92. The van der Waals surface area contributed by atoms with E-state index in [-0.39, 0.29) is 0 Å². The smallest absolute Gasteiger partial charge is 0.0465 e. The minimum Gasteiger partial charge on any atom is -0.271 e. The van der Waals surface area contributed by atoms with Crippen molar-refractivity contribution in [3.8, 4) is 0 Å². The van der Waals surface area contributed by atoms with Crippen LogP contribution in [0.4, 0.5) is 0 Å². The molecule has 0 spiro atoms. The Hall–Kier alpha value is -0.860. The standard InChI is InChI=1S/C10H14N2/c1-7-2-4-9-8(6-7)3-5-10(9)12-11/h2,4,6,10,12H,3,5,11H2,1H3/t10-/m0/s1. The summed E-state index contributed by atoms with van der Waals surface area (Å²) >= 11 is 0. The summed E-state index contributed by atoms with van der Waals surface area (Å²) in [6.45, 7) is 2.13. The minimum atomic E-state index is 0.376. The van der Waals surface area contributed by atoms with Gasteiger partial charge >= 0.3 is 0 Å². The predicted molar refractivity (Wildman–Crippen MR) is 49.6 cm³/mol. The maximum absolute atomic E-state index is 5.44. The van der Waals surface area contributed by atoms with Crippen molar-refractivity contribution in [3.63, 3.8) is 0 Å². The third kappa shape index (κ3) is 1.13. The first-order chi connectivity index (χ1) is 5.81. The normalized spacial score (nSPS) is 21.0. The van der Waals surface area contributed by atoms with Crippen LogP contribution in [-0.2, 0) is 6.42 Å². The Morgan fingerprint density at radius 3 is 3.08 bits per heavy atom. The van der Waals surface area contributed by atoms with E-state index in [4.69, 9.17) is 5.84 Å². The van der Waals surface area contributed by atoms with Gasteiger partial charge in [0, 0.05) is 6.04 Å². The van der Waals surface area contributed by atoms with Crippen molar-refractivity contribution in [2.24, 2.45) is 5.84 Å². The van der Waals surface area contributed by atoms with Crippen LogP contribution >= 0.6 is 0 Å². The molecule has 0 radical (unpaired) electrons. The fourth-order valence-electron chi connectivity index (χ4n) is 1.92. The first-order valence-corrected chi connectivity index (χ1v) is 4.37. The molecule has 1 aliphatic rings. The van der Waals surface area contributed by atoms with E-state index in [1.807, 2.05) is 0 Å². The van der Waals surface area contributed by atoms with Crippen LogP contribution < -0.4 is 11.3 Å². The summed E-state index contributed by atoms with van der Waals surface area (Å²) in [5, 5.41) is 0. The number of benzene rings is 1. The van der Waals surface area contributed by atoms with E-state index in [2.05, 4.69) is 30.5 Å². The molecule has 1 aromatic rings. The summed E-state index contributed by atoms with van der Waals surface area (Å²) in [6.07, 6.45) is 2.29. The maximum atomic E-state index is 5.44. The first-order valence-electron chi connectivity index (χ1n) is 4.37. The molecule has 0 saturated heterocycles. The molecule has 2 rings (SSSR count). The van der Waals surface area contributed by atoms with Crippen LogP contribution in [0.15, 0.2) is 18.2 Å². The molecule has 0 heterocycles. The topological polar surface area (TPSA) is 38.0 Å². The van der Waals surface area contributed by atoms with Crippen LogP contribution in [0.3, 0.4) is 0 Å². The number of hydrazine groups is 1. The SMILES string of the molecule is Cc1ccc2c(c1)CC[C@@H]2NN. The molecule has 12 heavy (non-hydrogen) atoms. The highest BCUT2D eigenvalue weighted by atomic mass is 15.2. The Morgan fingerprint density at radius 1 is 1.50 bits per heavy atom. The van der Waals surface area contributed by atoms with Gasteiger partial charge < -0.3 is 0 Å². The third-order valence-electron chi connectivity index (χ3n) is 2.58. The van der Waals surface area contributed by atoms with Crippen molar-refractivity contribution in [2.45, 2.75) is 25.8 Å². The Kier molecular flexibility index (Phi) is 1.87. The van der Waals surface area contributed by atoms with Crippen LogP contribution in [0.2, 0.25) is 0 Å². The van der Waals surface area contributed by atoms with E-state index in [1.165, 1.54) is 16.7 Å². The monoisotopic (exact) mass is 162 g/mol.